The van der Waals surface area contributed by atoms with Gasteiger partial charge in [-0.15, -0.1) is 11.3 Å². The molecule has 3 heterocycles. The molecule has 1 aliphatic heterocycles. The summed E-state index contributed by atoms with van der Waals surface area (Å²) in [6.45, 7) is 1.54. The second-order valence-corrected chi connectivity index (χ2v) is 7.89. The van der Waals surface area contributed by atoms with E-state index >= 15 is 0 Å². The lowest BCUT2D eigenvalue weighted by Crippen LogP contribution is -2.28. The van der Waals surface area contributed by atoms with Gasteiger partial charge in [-0.1, -0.05) is 17.8 Å². The van der Waals surface area contributed by atoms with Crippen LogP contribution in [0.2, 0.25) is 0 Å². The van der Waals surface area contributed by atoms with E-state index in [2.05, 4.69) is 9.97 Å². The van der Waals surface area contributed by atoms with Gasteiger partial charge in [0.25, 0.3) is 5.56 Å². The van der Waals surface area contributed by atoms with Gasteiger partial charge >= 0.3 is 0 Å². The van der Waals surface area contributed by atoms with Crippen LogP contribution >= 0.6 is 23.1 Å². The molecule has 1 N–H and O–H groups in total. The third kappa shape index (κ3) is 3.93. The number of hydrogen-bond acceptors (Lipinski definition) is 7. The molecule has 0 bridgehead atoms. The van der Waals surface area contributed by atoms with Gasteiger partial charge in [0.05, 0.1) is 11.1 Å². The van der Waals surface area contributed by atoms with Crippen LogP contribution in [-0.2, 0) is 11.3 Å². The van der Waals surface area contributed by atoms with Crippen molar-refractivity contribution in [2.45, 2.75) is 11.7 Å². The van der Waals surface area contributed by atoms with Crippen molar-refractivity contribution in [3.63, 3.8) is 0 Å². The highest BCUT2D eigenvalue weighted by Crippen LogP contribution is 2.31. The topological polar surface area (TPSA) is 84.5 Å². The van der Waals surface area contributed by atoms with Gasteiger partial charge in [-0.3, -0.25) is 9.59 Å². The van der Waals surface area contributed by atoms with Gasteiger partial charge in [0.15, 0.2) is 16.7 Å². The highest BCUT2D eigenvalue weighted by atomic mass is 32.2. The van der Waals surface area contributed by atoms with Crippen LogP contribution in [-0.4, -0.2) is 46.8 Å². The van der Waals surface area contributed by atoms with E-state index in [-0.39, 0.29) is 17.2 Å². The third-order valence-electron chi connectivity index (χ3n) is 4.10. The first-order valence-electron chi connectivity index (χ1n) is 8.33. The molecule has 3 aromatic rings. The summed E-state index contributed by atoms with van der Waals surface area (Å²) in [7, 11) is 1.75. The summed E-state index contributed by atoms with van der Waals surface area (Å²) in [6.07, 6.45) is 0. The Kier molecular flexibility index (Phi) is 5.04. The molecule has 7 nitrogen and oxygen atoms in total. The number of thiophene rings is 1. The fraction of sp³-hybridized carbons (Fsp3) is 0.278. The minimum absolute atomic E-state index is 0.0520. The molecular weight excluding hydrogens is 386 g/mol. The highest BCUT2D eigenvalue weighted by molar-refractivity contribution is 7.99. The number of hydrogen-bond donors (Lipinski definition) is 1. The van der Waals surface area contributed by atoms with E-state index in [1.54, 1.807) is 18.0 Å². The fourth-order valence-corrected chi connectivity index (χ4v) is 4.33. The number of nitrogens with zero attached hydrogens (tertiary/aromatic N) is 2. The number of aromatic nitrogens is 2. The minimum Gasteiger partial charge on any atom is -0.486 e. The smallest absolute Gasteiger partial charge is 0.260 e. The standard InChI is InChI=1S/C18H17N3O4S2/c1-21(9-11-2-3-13-14(8-11)25-6-5-24-13)15(22)10-27-18-19-16(23)12-4-7-26-17(12)20-18/h2-4,7-8H,5-6,9-10H2,1H3,(H,19,20,23). The van der Waals surface area contributed by atoms with Crippen molar-refractivity contribution in [2.24, 2.45) is 0 Å². The number of fused-ring (bicyclic) bond motifs is 2. The maximum absolute atomic E-state index is 12.4. The van der Waals surface area contributed by atoms with Crippen molar-refractivity contribution in [1.82, 2.24) is 14.9 Å². The number of thioether (sulfide) groups is 1. The number of carbonyl (C=O) groups excluding carboxylic acids is 1. The zero-order valence-corrected chi connectivity index (χ0v) is 16.2. The van der Waals surface area contributed by atoms with Crippen LogP contribution in [0, 0.1) is 0 Å². The van der Waals surface area contributed by atoms with Crippen molar-refractivity contribution in [1.29, 1.82) is 0 Å². The molecule has 1 aromatic carbocycles. The van der Waals surface area contributed by atoms with E-state index in [0.29, 0.717) is 40.9 Å². The second-order valence-electron chi connectivity index (χ2n) is 6.03. The Labute approximate surface area is 163 Å². The van der Waals surface area contributed by atoms with Crippen LogP contribution in [0.1, 0.15) is 5.56 Å². The summed E-state index contributed by atoms with van der Waals surface area (Å²) in [5.74, 6) is 1.58. The van der Waals surface area contributed by atoms with Gasteiger partial charge in [0.1, 0.15) is 18.0 Å². The molecule has 0 unspecified atom stereocenters. The molecule has 0 saturated carbocycles. The SMILES string of the molecule is CN(Cc1ccc2c(c1)OCCO2)C(=O)CSc1nc2sccc2c(=O)[nH]1. The van der Waals surface area contributed by atoms with E-state index in [0.717, 1.165) is 11.3 Å². The minimum atomic E-state index is -0.180. The molecule has 0 aliphatic carbocycles. The number of rotatable bonds is 5. The molecule has 0 fully saturated rings. The van der Waals surface area contributed by atoms with Crippen molar-refractivity contribution < 1.29 is 14.3 Å². The van der Waals surface area contributed by atoms with E-state index < -0.39 is 0 Å². The van der Waals surface area contributed by atoms with Gasteiger partial charge < -0.3 is 19.4 Å². The summed E-state index contributed by atoms with van der Waals surface area (Å²) in [4.78, 5) is 33.8. The molecule has 0 spiro atoms. The maximum atomic E-state index is 12.4. The highest BCUT2D eigenvalue weighted by Gasteiger charge is 2.15. The molecule has 1 aliphatic rings. The number of aromatic amines is 1. The average Bonchev–Trinajstić information content (AvgIpc) is 3.15. The van der Waals surface area contributed by atoms with Crippen LogP contribution in [0.3, 0.4) is 0 Å². The van der Waals surface area contributed by atoms with E-state index in [4.69, 9.17) is 9.47 Å². The normalized spacial score (nSPS) is 12.9. The van der Waals surface area contributed by atoms with Gasteiger partial charge in [-0.05, 0) is 29.1 Å². The molecule has 140 valence electrons. The number of carbonyl (C=O) groups is 1. The molecule has 27 heavy (non-hydrogen) atoms. The molecule has 2 aromatic heterocycles. The Morgan fingerprint density at radius 2 is 2.11 bits per heavy atom. The lowest BCUT2D eigenvalue weighted by Gasteiger charge is -2.21. The number of nitrogens with one attached hydrogen (secondary N) is 1. The van der Waals surface area contributed by atoms with Gasteiger partial charge in [0, 0.05) is 13.6 Å². The van der Waals surface area contributed by atoms with Crippen LogP contribution in [0.15, 0.2) is 39.6 Å². The maximum Gasteiger partial charge on any atom is 0.260 e. The second kappa shape index (κ2) is 7.61. The number of ether oxygens (including phenoxy) is 2. The van der Waals surface area contributed by atoms with Crippen LogP contribution in [0.4, 0.5) is 0 Å². The Bertz CT molecular complexity index is 1050. The monoisotopic (exact) mass is 403 g/mol. The van der Waals surface area contributed by atoms with Crippen molar-refractivity contribution in [3.05, 3.63) is 45.6 Å². The first kappa shape index (κ1) is 17.9. The summed E-state index contributed by atoms with van der Waals surface area (Å²) >= 11 is 2.63. The molecular formula is C18H17N3O4S2. The van der Waals surface area contributed by atoms with Crippen LogP contribution < -0.4 is 15.0 Å². The fourth-order valence-electron chi connectivity index (χ4n) is 2.70. The van der Waals surface area contributed by atoms with E-state index in [1.165, 1.54) is 23.1 Å². The summed E-state index contributed by atoms with van der Waals surface area (Å²) in [5.41, 5.74) is 0.785. The van der Waals surface area contributed by atoms with Gasteiger partial charge in [0.2, 0.25) is 5.91 Å². The van der Waals surface area contributed by atoms with E-state index in [1.807, 2.05) is 23.6 Å². The first-order valence-corrected chi connectivity index (χ1v) is 10.2. The average molecular weight is 403 g/mol. The van der Waals surface area contributed by atoms with Crippen LogP contribution in [0.5, 0.6) is 11.5 Å². The Morgan fingerprint density at radius 1 is 1.30 bits per heavy atom. The van der Waals surface area contributed by atoms with Crippen molar-refractivity contribution in [3.8, 4) is 11.5 Å². The summed E-state index contributed by atoms with van der Waals surface area (Å²) in [6, 6.07) is 7.43. The van der Waals surface area contributed by atoms with Crippen molar-refractivity contribution >= 4 is 39.2 Å². The zero-order chi connectivity index (χ0) is 18.8. The molecule has 0 radical (unpaired) electrons. The largest absolute Gasteiger partial charge is 0.486 e. The number of H-pyrrole nitrogens is 1. The van der Waals surface area contributed by atoms with Gasteiger partial charge in [-0.25, -0.2) is 4.98 Å². The Balaban J connectivity index is 1.38. The predicted octanol–water partition coefficient (Wildman–Crippen LogP) is 2.51. The predicted molar refractivity (Wildman–Crippen MR) is 105 cm³/mol. The molecule has 9 heteroatoms. The molecule has 4 rings (SSSR count). The molecule has 0 atom stereocenters. The number of benzene rings is 1. The van der Waals surface area contributed by atoms with Gasteiger partial charge in [-0.2, -0.15) is 0 Å². The zero-order valence-electron chi connectivity index (χ0n) is 14.6. The third-order valence-corrected chi connectivity index (χ3v) is 5.76. The van der Waals surface area contributed by atoms with Crippen molar-refractivity contribution in [2.75, 3.05) is 26.0 Å². The summed E-state index contributed by atoms with van der Waals surface area (Å²) < 4.78 is 11.1. The quantitative estimate of drug-likeness (QED) is 0.521. The molecule has 1 amide bonds. The Morgan fingerprint density at radius 3 is 2.96 bits per heavy atom. The van der Waals surface area contributed by atoms with Crippen LogP contribution in [0.25, 0.3) is 10.2 Å². The van der Waals surface area contributed by atoms with E-state index in [9.17, 15) is 9.59 Å². The summed E-state index contributed by atoms with van der Waals surface area (Å²) in [5, 5.41) is 2.86. The Hall–Kier alpha value is -2.52. The number of amides is 1. The first-order chi connectivity index (χ1) is 13.1. The lowest BCUT2D eigenvalue weighted by molar-refractivity contribution is -0.127. The lowest BCUT2D eigenvalue weighted by atomic mass is 10.2. The molecule has 0 saturated heterocycles.